The maximum absolute atomic E-state index is 13.2. The SMILES string of the molecule is N#Cc1ccc(CNc2ccc(F)cc2F)o1. The smallest absolute Gasteiger partial charge is 0.203 e. The number of nitrogens with zero attached hydrogens (tertiary/aromatic N) is 1. The summed E-state index contributed by atoms with van der Waals surface area (Å²) in [7, 11) is 0. The lowest BCUT2D eigenvalue weighted by Gasteiger charge is -2.05. The van der Waals surface area contributed by atoms with Crippen LogP contribution in [0.3, 0.4) is 0 Å². The number of nitrogens with one attached hydrogen (secondary N) is 1. The van der Waals surface area contributed by atoms with E-state index in [-0.39, 0.29) is 18.0 Å². The fourth-order valence-electron chi connectivity index (χ4n) is 1.35. The molecular weight excluding hydrogens is 226 g/mol. The second kappa shape index (κ2) is 4.66. The number of benzene rings is 1. The number of hydrogen-bond acceptors (Lipinski definition) is 3. The van der Waals surface area contributed by atoms with E-state index in [1.807, 2.05) is 6.07 Å². The zero-order chi connectivity index (χ0) is 12.3. The first kappa shape index (κ1) is 11.1. The van der Waals surface area contributed by atoms with E-state index in [4.69, 9.17) is 9.68 Å². The highest BCUT2D eigenvalue weighted by atomic mass is 19.1. The first-order chi connectivity index (χ1) is 8.19. The summed E-state index contributed by atoms with van der Waals surface area (Å²) in [5.74, 6) is -0.596. The molecule has 1 heterocycles. The molecule has 5 heteroatoms. The molecule has 2 aromatic rings. The molecule has 0 aliphatic carbocycles. The minimum atomic E-state index is -0.669. The molecule has 2 rings (SSSR count). The van der Waals surface area contributed by atoms with E-state index in [2.05, 4.69) is 5.32 Å². The topological polar surface area (TPSA) is 49.0 Å². The number of halogens is 2. The summed E-state index contributed by atoms with van der Waals surface area (Å²) in [5, 5.41) is 11.3. The average molecular weight is 234 g/mol. The van der Waals surface area contributed by atoms with Crippen LogP contribution in [0.15, 0.2) is 34.7 Å². The van der Waals surface area contributed by atoms with Crippen molar-refractivity contribution in [3.63, 3.8) is 0 Å². The number of rotatable bonds is 3. The molecule has 0 spiro atoms. The summed E-state index contributed by atoms with van der Waals surface area (Å²) in [6, 6.07) is 8.25. The normalized spacial score (nSPS) is 9.94. The summed E-state index contributed by atoms with van der Waals surface area (Å²) < 4.78 is 31.0. The summed E-state index contributed by atoms with van der Waals surface area (Å²) in [6.07, 6.45) is 0. The summed E-state index contributed by atoms with van der Waals surface area (Å²) in [6.45, 7) is 0.226. The van der Waals surface area contributed by atoms with Crippen molar-refractivity contribution in [3.8, 4) is 6.07 Å². The lowest BCUT2D eigenvalue weighted by molar-refractivity contribution is 0.505. The van der Waals surface area contributed by atoms with Crippen LogP contribution in [0.1, 0.15) is 11.5 Å². The van der Waals surface area contributed by atoms with Gasteiger partial charge in [-0.2, -0.15) is 5.26 Å². The van der Waals surface area contributed by atoms with Gasteiger partial charge < -0.3 is 9.73 Å². The van der Waals surface area contributed by atoms with Crippen molar-refractivity contribution >= 4 is 5.69 Å². The first-order valence-corrected chi connectivity index (χ1v) is 4.87. The van der Waals surface area contributed by atoms with Gasteiger partial charge in [0.15, 0.2) is 0 Å². The van der Waals surface area contributed by atoms with Crippen LogP contribution < -0.4 is 5.32 Å². The molecule has 17 heavy (non-hydrogen) atoms. The number of hydrogen-bond donors (Lipinski definition) is 1. The molecule has 3 nitrogen and oxygen atoms in total. The Hall–Kier alpha value is -2.35. The minimum Gasteiger partial charge on any atom is -0.449 e. The van der Waals surface area contributed by atoms with E-state index < -0.39 is 11.6 Å². The fourth-order valence-corrected chi connectivity index (χ4v) is 1.35. The van der Waals surface area contributed by atoms with Crippen LogP contribution in [0, 0.1) is 23.0 Å². The van der Waals surface area contributed by atoms with Gasteiger partial charge in [-0.3, -0.25) is 0 Å². The third kappa shape index (κ3) is 2.61. The van der Waals surface area contributed by atoms with Crippen molar-refractivity contribution in [1.82, 2.24) is 0 Å². The van der Waals surface area contributed by atoms with Crippen LogP contribution >= 0.6 is 0 Å². The van der Waals surface area contributed by atoms with Gasteiger partial charge in [0.1, 0.15) is 23.5 Å². The average Bonchev–Trinajstić information content (AvgIpc) is 2.76. The molecule has 0 aliphatic rings. The van der Waals surface area contributed by atoms with Crippen LogP contribution in [0.25, 0.3) is 0 Å². The van der Waals surface area contributed by atoms with E-state index in [0.29, 0.717) is 5.76 Å². The maximum atomic E-state index is 13.2. The van der Waals surface area contributed by atoms with Gasteiger partial charge in [-0.05, 0) is 24.3 Å². The lowest BCUT2D eigenvalue weighted by Crippen LogP contribution is -2.00. The number of furan rings is 1. The van der Waals surface area contributed by atoms with Gasteiger partial charge in [0.25, 0.3) is 0 Å². The molecular formula is C12H8F2N2O. The predicted octanol–water partition coefficient (Wildman–Crippen LogP) is 3.04. The molecule has 0 unspecified atom stereocenters. The molecule has 1 N–H and O–H groups in total. The highest BCUT2D eigenvalue weighted by Gasteiger charge is 2.05. The summed E-state index contributed by atoms with van der Waals surface area (Å²) in [5.41, 5.74) is 0.182. The Kier molecular flexibility index (Phi) is 3.06. The molecule has 0 saturated carbocycles. The van der Waals surface area contributed by atoms with E-state index in [0.717, 1.165) is 12.1 Å². The fraction of sp³-hybridized carbons (Fsp3) is 0.0833. The van der Waals surface area contributed by atoms with Crippen LogP contribution in [0.2, 0.25) is 0 Å². The lowest BCUT2D eigenvalue weighted by atomic mass is 10.3. The number of nitriles is 1. The Labute approximate surface area is 96.3 Å². The van der Waals surface area contributed by atoms with Crippen LogP contribution in [0.5, 0.6) is 0 Å². The second-order valence-corrected chi connectivity index (χ2v) is 3.36. The van der Waals surface area contributed by atoms with Gasteiger partial charge >= 0.3 is 0 Å². The summed E-state index contributed by atoms with van der Waals surface area (Å²) in [4.78, 5) is 0. The van der Waals surface area contributed by atoms with E-state index >= 15 is 0 Å². The van der Waals surface area contributed by atoms with Gasteiger partial charge in [-0.15, -0.1) is 0 Å². The molecule has 1 aromatic carbocycles. The zero-order valence-corrected chi connectivity index (χ0v) is 8.71. The molecule has 0 saturated heterocycles. The predicted molar refractivity (Wildman–Crippen MR) is 57.1 cm³/mol. The Morgan fingerprint density at radius 3 is 2.71 bits per heavy atom. The molecule has 0 aliphatic heterocycles. The van der Waals surface area contributed by atoms with Gasteiger partial charge in [0.05, 0.1) is 12.2 Å². The van der Waals surface area contributed by atoms with Crippen LogP contribution in [-0.4, -0.2) is 0 Å². The molecule has 0 fully saturated rings. The Morgan fingerprint density at radius 1 is 1.24 bits per heavy atom. The Balaban J connectivity index is 2.05. The number of anilines is 1. The monoisotopic (exact) mass is 234 g/mol. The molecule has 0 bridgehead atoms. The molecule has 1 aromatic heterocycles. The Bertz CT molecular complexity index is 572. The molecule has 86 valence electrons. The van der Waals surface area contributed by atoms with Gasteiger partial charge in [-0.1, -0.05) is 0 Å². The zero-order valence-electron chi connectivity index (χ0n) is 8.71. The van der Waals surface area contributed by atoms with Crippen molar-refractivity contribution in [2.24, 2.45) is 0 Å². The quantitative estimate of drug-likeness (QED) is 0.887. The van der Waals surface area contributed by atoms with Crippen LogP contribution in [0.4, 0.5) is 14.5 Å². The Morgan fingerprint density at radius 2 is 2.06 bits per heavy atom. The third-order valence-corrected chi connectivity index (χ3v) is 2.16. The van der Waals surface area contributed by atoms with Crippen molar-refractivity contribution in [3.05, 3.63) is 53.5 Å². The minimum absolute atomic E-state index is 0.182. The van der Waals surface area contributed by atoms with E-state index in [1.54, 1.807) is 6.07 Å². The maximum Gasteiger partial charge on any atom is 0.203 e. The van der Waals surface area contributed by atoms with Crippen molar-refractivity contribution in [2.75, 3.05) is 5.32 Å². The van der Waals surface area contributed by atoms with Crippen molar-refractivity contribution < 1.29 is 13.2 Å². The summed E-state index contributed by atoms with van der Waals surface area (Å²) >= 11 is 0. The molecule has 0 radical (unpaired) electrons. The highest BCUT2D eigenvalue weighted by Crippen LogP contribution is 2.16. The largest absolute Gasteiger partial charge is 0.449 e. The van der Waals surface area contributed by atoms with Gasteiger partial charge in [0.2, 0.25) is 5.76 Å². The third-order valence-electron chi connectivity index (χ3n) is 2.16. The van der Waals surface area contributed by atoms with Gasteiger partial charge in [-0.25, -0.2) is 8.78 Å². The van der Waals surface area contributed by atoms with Gasteiger partial charge in [0, 0.05) is 6.07 Å². The van der Waals surface area contributed by atoms with Crippen LogP contribution in [-0.2, 0) is 6.54 Å². The first-order valence-electron chi connectivity index (χ1n) is 4.87. The standard InChI is InChI=1S/C12H8F2N2O/c13-8-1-4-12(11(14)5-8)16-7-10-3-2-9(6-15)17-10/h1-5,16H,7H2. The molecule has 0 amide bonds. The van der Waals surface area contributed by atoms with Crippen molar-refractivity contribution in [2.45, 2.75) is 6.54 Å². The molecule has 0 atom stereocenters. The second-order valence-electron chi connectivity index (χ2n) is 3.36. The highest BCUT2D eigenvalue weighted by molar-refractivity contribution is 5.44. The van der Waals surface area contributed by atoms with E-state index in [9.17, 15) is 8.78 Å². The van der Waals surface area contributed by atoms with Crippen molar-refractivity contribution in [1.29, 1.82) is 5.26 Å². The van der Waals surface area contributed by atoms with E-state index in [1.165, 1.54) is 12.1 Å².